The Morgan fingerprint density at radius 2 is 2.00 bits per heavy atom. The SMILES string of the molecule is CSc1ccc(C(C)NCCc2cccnc2)cc1. The second-order valence-electron chi connectivity index (χ2n) is 4.56. The molecule has 2 nitrogen and oxygen atoms in total. The van der Waals surface area contributed by atoms with Gasteiger partial charge in [0.1, 0.15) is 0 Å². The fourth-order valence-electron chi connectivity index (χ4n) is 1.99. The van der Waals surface area contributed by atoms with Gasteiger partial charge >= 0.3 is 0 Å². The van der Waals surface area contributed by atoms with Crippen molar-refractivity contribution in [1.82, 2.24) is 10.3 Å². The van der Waals surface area contributed by atoms with Gasteiger partial charge in [0.25, 0.3) is 0 Å². The van der Waals surface area contributed by atoms with Gasteiger partial charge in [0.05, 0.1) is 0 Å². The highest BCUT2D eigenvalue weighted by Gasteiger charge is 2.04. The molecule has 0 saturated heterocycles. The molecule has 1 N–H and O–H groups in total. The summed E-state index contributed by atoms with van der Waals surface area (Å²) in [6.45, 7) is 3.18. The van der Waals surface area contributed by atoms with Crippen LogP contribution in [0.3, 0.4) is 0 Å². The number of nitrogens with zero attached hydrogens (tertiary/aromatic N) is 1. The Bertz CT molecular complexity index is 482. The van der Waals surface area contributed by atoms with Crippen molar-refractivity contribution < 1.29 is 0 Å². The molecule has 0 radical (unpaired) electrons. The third-order valence-corrected chi connectivity index (χ3v) is 3.95. The Kier molecular flexibility index (Phi) is 5.43. The minimum absolute atomic E-state index is 0.382. The molecule has 1 heterocycles. The molecule has 2 rings (SSSR count). The lowest BCUT2D eigenvalue weighted by atomic mass is 10.1. The van der Waals surface area contributed by atoms with Crippen LogP contribution >= 0.6 is 11.8 Å². The largest absolute Gasteiger partial charge is 0.310 e. The molecule has 3 heteroatoms. The summed E-state index contributed by atoms with van der Waals surface area (Å²) < 4.78 is 0. The summed E-state index contributed by atoms with van der Waals surface area (Å²) in [6.07, 6.45) is 6.86. The van der Waals surface area contributed by atoms with Gasteiger partial charge in [0.15, 0.2) is 0 Å². The first-order valence-electron chi connectivity index (χ1n) is 6.56. The maximum absolute atomic E-state index is 4.13. The van der Waals surface area contributed by atoms with Crippen LogP contribution in [0.5, 0.6) is 0 Å². The number of benzene rings is 1. The van der Waals surface area contributed by atoms with Gasteiger partial charge in [-0.25, -0.2) is 0 Å². The highest BCUT2D eigenvalue weighted by molar-refractivity contribution is 7.98. The molecule has 19 heavy (non-hydrogen) atoms. The number of pyridine rings is 1. The van der Waals surface area contributed by atoms with Gasteiger partial charge in [0, 0.05) is 23.3 Å². The zero-order valence-corrected chi connectivity index (χ0v) is 12.3. The van der Waals surface area contributed by atoms with Gasteiger partial charge in [-0.05, 0) is 55.5 Å². The van der Waals surface area contributed by atoms with Crippen molar-refractivity contribution in [3.05, 3.63) is 59.9 Å². The summed E-state index contributed by atoms with van der Waals surface area (Å²) in [4.78, 5) is 5.44. The maximum Gasteiger partial charge on any atom is 0.0300 e. The van der Waals surface area contributed by atoms with Crippen LogP contribution in [0.25, 0.3) is 0 Å². The van der Waals surface area contributed by atoms with Crippen LogP contribution in [-0.4, -0.2) is 17.8 Å². The van der Waals surface area contributed by atoms with Crippen LogP contribution in [0.15, 0.2) is 53.7 Å². The number of aromatic nitrogens is 1. The van der Waals surface area contributed by atoms with Crippen LogP contribution in [0.4, 0.5) is 0 Å². The van der Waals surface area contributed by atoms with Gasteiger partial charge in [-0.15, -0.1) is 11.8 Å². The quantitative estimate of drug-likeness (QED) is 0.812. The van der Waals surface area contributed by atoms with Crippen molar-refractivity contribution in [2.45, 2.75) is 24.3 Å². The Morgan fingerprint density at radius 1 is 1.21 bits per heavy atom. The number of hydrogen-bond donors (Lipinski definition) is 1. The molecule has 0 amide bonds. The molecule has 100 valence electrons. The van der Waals surface area contributed by atoms with Crippen LogP contribution < -0.4 is 5.32 Å². The summed E-state index contributed by atoms with van der Waals surface area (Å²) in [5, 5.41) is 3.55. The first kappa shape index (κ1) is 14.1. The van der Waals surface area contributed by atoms with E-state index in [0.29, 0.717) is 6.04 Å². The molecule has 0 aliphatic heterocycles. The van der Waals surface area contributed by atoms with Crippen molar-refractivity contribution in [2.75, 3.05) is 12.8 Å². The van der Waals surface area contributed by atoms with Gasteiger partial charge in [-0.2, -0.15) is 0 Å². The molecular formula is C16H20N2S. The number of rotatable bonds is 6. The molecule has 0 spiro atoms. The molecule has 2 aromatic rings. The third-order valence-electron chi connectivity index (χ3n) is 3.20. The van der Waals surface area contributed by atoms with E-state index in [4.69, 9.17) is 0 Å². The first-order valence-corrected chi connectivity index (χ1v) is 7.78. The van der Waals surface area contributed by atoms with Crippen LogP contribution in [-0.2, 0) is 6.42 Å². The minimum Gasteiger partial charge on any atom is -0.310 e. The van der Waals surface area contributed by atoms with Crippen molar-refractivity contribution >= 4 is 11.8 Å². The molecule has 0 saturated carbocycles. The minimum atomic E-state index is 0.382. The van der Waals surface area contributed by atoms with E-state index in [9.17, 15) is 0 Å². The fourth-order valence-corrected chi connectivity index (χ4v) is 2.40. The zero-order valence-electron chi connectivity index (χ0n) is 11.5. The van der Waals surface area contributed by atoms with Crippen LogP contribution in [0, 0.1) is 0 Å². The van der Waals surface area contributed by atoms with E-state index >= 15 is 0 Å². The van der Waals surface area contributed by atoms with E-state index in [1.165, 1.54) is 16.0 Å². The summed E-state index contributed by atoms with van der Waals surface area (Å²) in [7, 11) is 0. The Hall–Kier alpha value is -1.32. The standard InChI is InChI=1S/C16H20N2S/c1-13(15-5-7-16(19-2)8-6-15)18-11-9-14-4-3-10-17-12-14/h3-8,10,12-13,18H,9,11H2,1-2H3. The van der Waals surface area contributed by atoms with E-state index in [1.807, 2.05) is 18.5 Å². The number of thioether (sulfide) groups is 1. The lowest BCUT2D eigenvalue weighted by Gasteiger charge is -2.14. The molecule has 1 aromatic heterocycles. The van der Waals surface area contributed by atoms with E-state index in [2.05, 4.69) is 53.8 Å². The summed E-state index contributed by atoms with van der Waals surface area (Å²) >= 11 is 1.78. The van der Waals surface area contributed by atoms with Gasteiger partial charge in [-0.1, -0.05) is 18.2 Å². The lowest BCUT2D eigenvalue weighted by Crippen LogP contribution is -2.21. The molecule has 1 atom stereocenters. The molecule has 1 aromatic carbocycles. The first-order chi connectivity index (χ1) is 9.29. The molecular weight excluding hydrogens is 252 g/mol. The Morgan fingerprint density at radius 3 is 2.63 bits per heavy atom. The Labute approximate surface area is 119 Å². The molecule has 1 unspecified atom stereocenters. The topological polar surface area (TPSA) is 24.9 Å². The van der Waals surface area contributed by atoms with Gasteiger partial charge in [-0.3, -0.25) is 4.98 Å². The smallest absolute Gasteiger partial charge is 0.0300 e. The van der Waals surface area contributed by atoms with Crippen LogP contribution in [0.1, 0.15) is 24.1 Å². The van der Waals surface area contributed by atoms with E-state index in [-0.39, 0.29) is 0 Å². The van der Waals surface area contributed by atoms with Crippen molar-refractivity contribution in [3.63, 3.8) is 0 Å². The number of hydrogen-bond acceptors (Lipinski definition) is 3. The average Bonchev–Trinajstić information content (AvgIpc) is 2.48. The van der Waals surface area contributed by atoms with E-state index in [1.54, 1.807) is 11.8 Å². The normalized spacial score (nSPS) is 12.3. The molecule has 0 aliphatic carbocycles. The maximum atomic E-state index is 4.13. The summed E-state index contributed by atoms with van der Waals surface area (Å²) in [5.41, 5.74) is 2.61. The predicted molar refractivity (Wildman–Crippen MR) is 82.6 cm³/mol. The van der Waals surface area contributed by atoms with Crippen molar-refractivity contribution in [2.24, 2.45) is 0 Å². The van der Waals surface area contributed by atoms with Crippen molar-refractivity contribution in [3.8, 4) is 0 Å². The summed E-state index contributed by atoms with van der Waals surface area (Å²) in [5.74, 6) is 0. The molecule has 0 aliphatic rings. The Balaban J connectivity index is 1.82. The van der Waals surface area contributed by atoms with Crippen molar-refractivity contribution in [1.29, 1.82) is 0 Å². The monoisotopic (exact) mass is 272 g/mol. The van der Waals surface area contributed by atoms with Gasteiger partial charge < -0.3 is 5.32 Å². The third kappa shape index (κ3) is 4.37. The predicted octanol–water partition coefficient (Wildman–Crippen LogP) is 3.70. The molecule has 0 bridgehead atoms. The highest BCUT2D eigenvalue weighted by Crippen LogP contribution is 2.18. The van der Waals surface area contributed by atoms with Crippen LogP contribution in [0.2, 0.25) is 0 Å². The second-order valence-corrected chi connectivity index (χ2v) is 5.44. The van der Waals surface area contributed by atoms with E-state index in [0.717, 1.165) is 13.0 Å². The van der Waals surface area contributed by atoms with E-state index < -0.39 is 0 Å². The average molecular weight is 272 g/mol. The molecule has 0 fully saturated rings. The number of nitrogens with one attached hydrogen (secondary N) is 1. The fraction of sp³-hybridized carbons (Fsp3) is 0.312. The highest BCUT2D eigenvalue weighted by atomic mass is 32.2. The lowest BCUT2D eigenvalue weighted by molar-refractivity contribution is 0.576. The second kappa shape index (κ2) is 7.31. The zero-order chi connectivity index (χ0) is 13.5. The van der Waals surface area contributed by atoms with Gasteiger partial charge in [0.2, 0.25) is 0 Å². The summed E-state index contributed by atoms with van der Waals surface area (Å²) in [6, 6.07) is 13.2.